The highest BCUT2D eigenvalue weighted by atomic mass is 16.4. The van der Waals surface area contributed by atoms with Crippen molar-refractivity contribution in [3.05, 3.63) is 71.8 Å². The van der Waals surface area contributed by atoms with Crippen LogP contribution in [0.5, 0.6) is 0 Å². The van der Waals surface area contributed by atoms with Crippen LogP contribution in [0.3, 0.4) is 0 Å². The first kappa shape index (κ1) is 20.4. The fraction of sp³-hybridized carbons (Fsp3) is 0.417. The molecule has 3 N–H and O–H groups in total. The molecular weight excluding hydrogens is 378 g/mol. The molecule has 1 saturated carbocycles. The number of benzene rings is 2. The largest absolute Gasteiger partial charge is 0.481 e. The number of nitrogens with zero attached hydrogens (tertiary/aromatic N) is 1. The van der Waals surface area contributed by atoms with Crippen LogP contribution in [-0.2, 0) is 15.7 Å². The van der Waals surface area contributed by atoms with Crippen LogP contribution >= 0.6 is 0 Å². The molecule has 2 aromatic rings. The minimum atomic E-state index is -0.754. The first-order chi connectivity index (χ1) is 14.5. The highest BCUT2D eigenvalue weighted by Crippen LogP contribution is 2.55. The number of hydrogen-bond donors (Lipinski definition) is 3. The van der Waals surface area contributed by atoms with Crippen molar-refractivity contribution >= 4 is 12.0 Å². The summed E-state index contributed by atoms with van der Waals surface area (Å²) in [5, 5.41) is 15.8. The van der Waals surface area contributed by atoms with E-state index >= 15 is 0 Å². The van der Waals surface area contributed by atoms with E-state index in [0.29, 0.717) is 6.42 Å². The molecule has 6 nitrogen and oxygen atoms in total. The summed E-state index contributed by atoms with van der Waals surface area (Å²) >= 11 is 0. The van der Waals surface area contributed by atoms with E-state index in [4.69, 9.17) is 0 Å². The molecule has 0 aromatic heterocycles. The van der Waals surface area contributed by atoms with E-state index in [1.54, 1.807) is 7.05 Å². The maximum absolute atomic E-state index is 12.1. The number of carboxylic acids is 1. The molecule has 158 valence electrons. The van der Waals surface area contributed by atoms with E-state index in [1.807, 2.05) is 48.5 Å². The summed E-state index contributed by atoms with van der Waals surface area (Å²) in [5.41, 5.74) is 0.864. The molecule has 1 aliphatic heterocycles. The maximum atomic E-state index is 12.1. The van der Waals surface area contributed by atoms with Gasteiger partial charge in [0.2, 0.25) is 0 Å². The molecule has 2 aliphatic rings. The molecule has 6 heteroatoms. The van der Waals surface area contributed by atoms with E-state index in [9.17, 15) is 14.7 Å². The quantitative estimate of drug-likeness (QED) is 0.688. The monoisotopic (exact) mass is 407 g/mol. The minimum Gasteiger partial charge on any atom is -0.481 e. The van der Waals surface area contributed by atoms with Crippen molar-refractivity contribution in [3.63, 3.8) is 0 Å². The van der Waals surface area contributed by atoms with Crippen LogP contribution in [-0.4, -0.2) is 48.7 Å². The summed E-state index contributed by atoms with van der Waals surface area (Å²) in [6, 6.07) is 19.5. The predicted molar refractivity (Wildman–Crippen MR) is 115 cm³/mol. The van der Waals surface area contributed by atoms with Crippen LogP contribution in [0, 0.1) is 5.92 Å². The molecule has 1 aliphatic carbocycles. The van der Waals surface area contributed by atoms with E-state index in [-0.39, 0.29) is 11.9 Å². The highest BCUT2D eigenvalue weighted by Gasteiger charge is 2.61. The lowest BCUT2D eigenvalue weighted by atomic mass is 9.80. The van der Waals surface area contributed by atoms with Crippen LogP contribution in [0.15, 0.2) is 60.7 Å². The Kier molecular flexibility index (Phi) is 5.52. The third-order valence-electron chi connectivity index (χ3n) is 6.87. The molecule has 2 aromatic carbocycles. The lowest BCUT2D eigenvalue weighted by Crippen LogP contribution is -2.55. The third-order valence-corrected chi connectivity index (χ3v) is 6.87. The molecule has 0 bridgehead atoms. The number of piperidine rings is 1. The van der Waals surface area contributed by atoms with E-state index in [0.717, 1.165) is 43.6 Å². The van der Waals surface area contributed by atoms with Gasteiger partial charge < -0.3 is 20.6 Å². The molecule has 2 amide bonds. The average Bonchev–Trinajstić information content (AvgIpc) is 3.51. The van der Waals surface area contributed by atoms with Crippen LogP contribution < -0.4 is 10.6 Å². The highest BCUT2D eigenvalue weighted by molar-refractivity contribution is 5.86. The number of carboxylic acid groups (broad SMARTS) is 1. The second-order valence-corrected chi connectivity index (χ2v) is 8.50. The molecule has 4 rings (SSSR count). The fourth-order valence-electron chi connectivity index (χ4n) is 4.98. The number of amides is 2. The summed E-state index contributed by atoms with van der Waals surface area (Å²) in [5.74, 6) is -0.607. The van der Waals surface area contributed by atoms with Crippen LogP contribution in [0.2, 0.25) is 0 Å². The molecule has 1 heterocycles. The smallest absolute Gasteiger partial charge is 0.315 e. The Morgan fingerprint density at radius 2 is 1.57 bits per heavy atom. The zero-order valence-corrected chi connectivity index (χ0v) is 17.3. The van der Waals surface area contributed by atoms with Crippen molar-refractivity contribution in [1.29, 1.82) is 0 Å². The molecule has 1 saturated heterocycles. The average molecular weight is 408 g/mol. The number of likely N-dealkylation sites (tertiary alicyclic amines) is 1. The van der Waals surface area contributed by atoms with Crippen LogP contribution in [0.25, 0.3) is 0 Å². The molecule has 30 heavy (non-hydrogen) atoms. The minimum absolute atomic E-state index is 0.119. The van der Waals surface area contributed by atoms with Gasteiger partial charge in [-0.25, -0.2) is 4.79 Å². The zero-order valence-electron chi connectivity index (χ0n) is 17.3. The Balaban J connectivity index is 1.45. The number of aliphatic carboxylic acids is 1. The summed E-state index contributed by atoms with van der Waals surface area (Å²) in [6.07, 6.45) is 2.27. The van der Waals surface area contributed by atoms with Crippen LogP contribution in [0.4, 0.5) is 4.79 Å². The van der Waals surface area contributed by atoms with Gasteiger partial charge in [-0.3, -0.25) is 4.79 Å². The summed E-state index contributed by atoms with van der Waals surface area (Å²) in [7, 11) is 1.63. The van der Waals surface area contributed by atoms with Crippen molar-refractivity contribution in [1.82, 2.24) is 15.5 Å². The Morgan fingerprint density at radius 1 is 1.00 bits per heavy atom. The Morgan fingerprint density at radius 3 is 2.10 bits per heavy atom. The maximum Gasteiger partial charge on any atom is 0.315 e. The van der Waals surface area contributed by atoms with Crippen molar-refractivity contribution in [3.8, 4) is 0 Å². The molecule has 0 spiro atoms. The molecular formula is C24H29N3O3. The van der Waals surface area contributed by atoms with Gasteiger partial charge >= 0.3 is 12.0 Å². The van der Waals surface area contributed by atoms with Gasteiger partial charge in [0.15, 0.2) is 0 Å². The Bertz CT molecular complexity index is 894. The second-order valence-electron chi connectivity index (χ2n) is 8.50. The number of rotatable bonds is 6. The second kappa shape index (κ2) is 8.11. The predicted octanol–water partition coefficient (Wildman–Crippen LogP) is 2.95. The first-order valence-corrected chi connectivity index (χ1v) is 10.6. The topological polar surface area (TPSA) is 81.7 Å². The number of carbonyl (C=O) groups excluding carboxylic acids is 1. The van der Waals surface area contributed by atoms with Gasteiger partial charge in [-0.15, -0.1) is 0 Å². The van der Waals surface area contributed by atoms with E-state index < -0.39 is 16.9 Å². The SMILES string of the molecule is CNC(=O)NC1(c2ccccc2)CCN(CC2CC2(C(=O)O)c2ccccc2)CC1. The van der Waals surface area contributed by atoms with Crippen molar-refractivity contribution < 1.29 is 14.7 Å². The Hall–Kier alpha value is -2.86. The normalized spacial score (nSPS) is 25.3. The van der Waals surface area contributed by atoms with E-state index in [2.05, 4.69) is 27.7 Å². The van der Waals surface area contributed by atoms with Gasteiger partial charge in [0.1, 0.15) is 0 Å². The van der Waals surface area contributed by atoms with Gasteiger partial charge in [0.25, 0.3) is 0 Å². The van der Waals surface area contributed by atoms with Gasteiger partial charge in [-0.1, -0.05) is 60.7 Å². The fourth-order valence-corrected chi connectivity index (χ4v) is 4.98. The van der Waals surface area contributed by atoms with Gasteiger partial charge in [0, 0.05) is 26.7 Å². The molecule has 2 unspecified atom stereocenters. The molecule has 0 radical (unpaired) electrons. The summed E-state index contributed by atoms with van der Waals surface area (Å²) in [6.45, 7) is 2.41. The number of carbonyl (C=O) groups is 2. The summed E-state index contributed by atoms with van der Waals surface area (Å²) < 4.78 is 0. The standard InChI is InChI=1S/C24H29N3O3/c1-25-22(30)26-23(18-8-4-2-5-9-18)12-14-27(15-13-23)17-20-16-24(20,21(28)29)19-10-6-3-7-11-19/h2-11,20H,12-17H2,1H3,(H,28,29)(H2,25,26,30). The third kappa shape index (κ3) is 3.67. The van der Waals surface area contributed by atoms with Gasteiger partial charge in [0.05, 0.1) is 11.0 Å². The molecule has 2 atom stereocenters. The van der Waals surface area contributed by atoms with E-state index in [1.165, 1.54) is 0 Å². The van der Waals surface area contributed by atoms with Crippen molar-refractivity contribution in [2.75, 3.05) is 26.7 Å². The number of nitrogens with one attached hydrogen (secondary N) is 2. The lowest BCUT2D eigenvalue weighted by Gasteiger charge is -2.43. The zero-order chi connectivity index (χ0) is 21.2. The number of urea groups is 1. The van der Waals surface area contributed by atoms with Crippen LogP contribution in [0.1, 0.15) is 30.4 Å². The van der Waals surface area contributed by atoms with Gasteiger partial charge in [-0.05, 0) is 36.3 Å². The molecule has 2 fully saturated rings. The lowest BCUT2D eigenvalue weighted by molar-refractivity contribution is -0.140. The van der Waals surface area contributed by atoms with Crippen molar-refractivity contribution in [2.24, 2.45) is 5.92 Å². The Labute approximate surface area is 177 Å². The first-order valence-electron chi connectivity index (χ1n) is 10.6. The van der Waals surface area contributed by atoms with Crippen molar-refractivity contribution in [2.45, 2.75) is 30.2 Å². The summed E-state index contributed by atoms with van der Waals surface area (Å²) in [4.78, 5) is 26.6. The van der Waals surface area contributed by atoms with Gasteiger partial charge in [-0.2, -0.15) is 0 Å². The number of hydrogen-bond acceptors (Lipinski definition) is 3.